The Bertz CT molecular complexity index is 3650. The molecule has 1 spiro atoms. The van der Waals surface area contributed by atoms with Gasteiger partial charge in [0.25, 0.3) is 0 Å². The van der Waals surface area contributed by atoms with E-state index in [0.29, 0.717) is 0 Å². The molecule has 0 radical (unpaired) electrons. The van der Waals surface area contributed by atoms with Crippen molar-refractivity contribution < 1.29 is 4.42 Å². The minimum absolute atomic E-state index is 0.0935. The Morgan fingerprint density at radius 1 is 0.385 bits per heavy atom. The summed E-state index contributed by atoms with van der Waals surface area (Å²) < 4.78 is 6.36. The number of benzene rings is 10. The first kappa shape index (κ1) is 37.6. The van der Waals surface area contributed by atoms with Gasteiger partial charge in [0, 0.05) is 27.7 Å². The van der Waals surface area contributed by atoms with Crippen LogP contribution in [-0.4, -0.2) is 0 Å². The molecule has 0 bridgehead atoms. The zero-order chi connectivity index (χ0) is 43.4. The molecule has 1 heterocycles. The first-order valence-electron chi connectivity index (χ1n) is 22.7. The first-order chi connectivity index (χ1) is 31.9. The summed E-state index contributed by atoms with van der Waals surface area (Å²) in [7, 11) is 0. The zero-order valence-electron chi connectivity index (χ0n) is 36.6. The average Bonchev–Trinajstić information content (AvgIpc) is 3.98. The molecule has 0 aliphatic heterocycles. The smallest absolute Gasteiger partial charge is 0.135 e. The van der Waals surface area contributed by atoms with Crippen LogP contribution < -0.4 is 4.90 Å². The van der Waals surface area contributed by atoms with E-state index in [1.54, 1.807) is 0 Å². The molecule has 0 atom stereocenters. The van der Waals surface area contributed by atoms with Gasteiger partial charge >= 0.3 is 0 Å². The van der Waals surface area contributed by atoms with Gasteiger partial charge in [-0.15, -0.1) is 0 Å². The van der Waals surface area contributed by atoms with Gasteiger partial charge in [0.15, 0.2) is 0 Å². The van der Waals surface area contributed by atoms with Crippen LogP contribution in [0.2, 0.25) is 0 Å². The Morgan fingerprint density at radius 2 is 0.908 bits per heavy atom. The monoisotopic (exact) mass is 831 g/mol. The van der Waals surface area contributed by atoms with Crippen LogP contribution >= 0.6 is 0 Å². The summed E-state index contributed by atoms with van der Waals surface area (Å²) >= 11 is 0. The highest BCUT2D eigenvalue weighted by Crippen LogP contribution is 2.63. The van der Waals surface area contributed by atoms with Crippen LogP contribution in [0, 0.1) is 0 Å². The summed E-state index contributed by atoms with van der Waals surface area (Å²) in [6, 6.07) is 81.1. The van der Waals surface area contributed by atoms with Crippen LogP contribution in [0.5, 0.6) is 0 Å². The van der Waals surface area contributed by atoms with Gasteiger partial charge in [0.1, 0.15) is 11.2 Å². The third-order valence-corrected chi connectivity index (χ3v) is 14.3. The van der Waals surface area contributed by atoms with Crippen LogP contribution in [0.15, 0.2) is 223 Å². The molecule has 1 aromatic heterocycles. The number of hydrogen-bond donors (Lipinski definition) is 0. The molecule has 0 fully saturated rings. The van der Waals surface area contributed by atoms with Crippen molar-refractivity contribution >= 4 is 49.8 Å². The fourth-order valence-electron chi connectivity index (χ4n) is 11.3. The Kier molecular flexibility index (Phi) is 8.12. The molecule has 308 valence electrons. The third kappa shape index (κ3) is 5.53. The minimum atomic E-state index is -0.413. The number of anilines is 3. The lowest BCUT2D eigenvalue weighted by Crippen LogP contribution is -2.25. The Morgan fingerprint density at radius 3 is 1.58 bits per heavy atom. The van der Waals surface area contributed by atoms with E-state index >= 15 is 0 Å². The fourth-order valence-corrected chi connectivity index (χ4v) is 11.3. The lowest BCUT2D eigenvalue weighted by molar-refractivity contribution is 0.590. The molecule has 11 aromatic rings. The zero-order valence-corrected chi connectivity index (χ0v) is 36.6. The topological polar surface area (TPSA) is 16.4 Å². The second-order valence-electron chi connectivity index (χ2n) is 18.8. The molecular formula is C63H45NO. The van der Waals surface area contributed by atoms with Crippen molar-refractivity contribution in [2.24, 2.45) is 0 Å². The van der Waals surface area contributed by atoms with Crippen molar-refractivity contribution in [3.8, 4) is 44.5 Å². The number of furan rings is 1. The summed E-state index contributed by atoms with van der Waals surface area (Å²) in [5, 5.41) is 4.63. The van der Waals surface area contributed by atoms with Crippen LogP contribution in [0.4, 0.5) is 17.1 Å². The van der Waals surface area contributed by atoms with Crippen molar-refractivity contribution in [1.82, 2.24) is 0 Å². The van der Waals surface area contributed by atoms with E-state index in [-0.39, 0.29) is 5.41 Å². The molecule has 2 aliphatic carbocycles. The number of rotatable bonds is 5. The number of para-hydroxylation sites is 1. The van der Waals surface area contributed by atoms with Crippen LogP contribution in [0.25, 0.3) is 77.2 Å². The van der Waals surface area contributed by atoms with Crippen LogP contribution in [0.1, 0.15) is 48.6 Å². The number of fused-ring (bicyclic) bond motifs is 14. The predicted octanol–water partition coefficient (Wildman–Crippen LogP) is 17.2. The van der Waals surface area contributed by atoms with Crippen LogP contribution in [-0.2, 0) is 10.8 Å². The second kappa shape index (κ2) is 14.0. The van der Waals surface area contributed by atoms with Gasteiger partial charge in [-0.1, -0.05) is 191 Å². The van der Waals surface area contributed by atoms with Crippen molar-refractivity contribution in [3.05, 3.63) is 246 Å². The van der Waals surface area contributed by atoms with Crippen molar-refractivity contribution in [2.75, 3.05) is 4.90 Å². The second-order valence-corrected chi connectivity index (χ2v) is 18.8. The van der Waals surface area contributed by atoms with E-state index < -0.39 is 5.41 Å². The lowest BCUT2D eigenvalue weighted by Gasteiger charge is -2.32. The molecule has 10 aromatic carbocycles. The van der Waals surface area contributed by atoms with Gasteiger partial charge in [-0.05, 0) is 131 Å². The molecule has 2 aliphatic rings. The van der Waals surface area contributed by atoms with Gasteiger partial charge < -0.3 is 9.32 Å². The van der Waals surface area contributed by atoms with Gasteiger partial charge in [0.2, 0.25) is 0 Å². The Balaban J connectivity index is 1.05. The van der Waals surface area contributed by atoms with E-state index in [0.717, 1.165) is 44.6 Å². The first-order valence-corrected chi connectivity index (χ1v) is 22.7. The largest absolute Gasteiger partial charge is 0.456 e. The van der Waals surface area contributed by atoms with Gasteiger partial charge in [-0.3, -0.25) is 0 Å². The molecule has 0 N–H and O–H groups in total. The minimum Gasteiger partial charge on any atom is -0.456 e. The highest BCUT2D eigenvalue weighted by molar-refractivity contribution is 6.11. The molecular weight excluding hydrogens is 787 g/mol. The third-order valence-electron chi connectivity index (χ3n) is 14.3. The molecule has 65 heavy (non-hydrogen) atoms. The highest BCUT2D eigenvalue weighted by atomic mass is 16.3. The quantitative estimate of drug-likeness (QED) is 0.172. The highest BCUT2D eigenvalue weighted by Gasteiger charge is 2.51. The molecule has 0 amide bonds. The van der Waals surface area contributed by atoms with Gasteiger partial charge in [-0.2, -0.15) is 0 Å². The van der Waals surface area contributed by atoms with E-state index in [4.69, 9.17) is 4.42 Å². The molecule has 0 unspecified atom stereocenters. The van der Waals surface area contributed by atoms with Gasteiger partial charge in [0.05, 0.1) is 11.1 Å². The predicted molar refractivity (Wildman–Crippen MR) is 272 cm³/mol. The SMILES string of the molecule is CC(C)(C)c1ccc(-c2ccc(N(c3ccc4c(c3)-c3ccccc3C43c4ccccc4-c4ccccc43)c3ccc4ccccc4c3-c3ccc4oc5ccccc5c4c3)cc2)cc1. The van der Waals surface area contributed by atoms with Crippen molar-refractivity contribution in [2.45, 2.75) is 31.6 Å². The Labute approximate surface area is 379 Å². The lowest BCUT2D eigenvalue weighted by atomic mass is 9.70. The summed E-state index contributed by atoms with van der Waals surface area (Å²) in [6.07, 6.45) is 0. The molecule has 13 rings (SSSR count). The standard InChI is InChI=1S/C63H45NO/c1-62(2,3)44-30-24-40(25-31-44)41-26-32-45(33-27-41)64(58-36-28-42-14-4-5-15-47(42)61(58)43-29-37-60-53(38-43)51-19-9-13-23-59(51)65-60)46-34-35-57-52(39-46)50-18-8-12-22-56(50)63(57)54-20-10-6-16-48(54)49-17-7-11-21-55(49)63/h4-39H,1-3H3. The molecule has 0 saturated carbocycles. The van der Waals surface area contributed by atoms with Crippen molar-refractivity contribution in [1.29, 1.82) is 0 Å². The Hall–Kier alpha value is -7.94. The normalized spacial score (nSPS) is 13.3. The van der Waals surface area contributed by atoms with E-state index in [2.05, 4.69) is 238 Å². The molecule has 0 saturated heterocycles. The van der Waals surface area contributed by atoms with E-state index in [1.807, 2.05) is 6.07 Å². The fraction of sp³-hybridized carbons (Fsp3) is 0.0794. The summed E-state index contributed by atoms with van der Waals surface area (Å²) in [5.74, 6) is 0. The van der Waals surface area contributed by atoms with E-state index in [1.165, 1.54) is 77.5 Å². The maximum Gasteiger partial charge on any atom is 0.135 e. The molecule has 2 nitrogen and oxygen atoms in total. The van der Waals surface area contributed by atoms with Gasteiger partial charge in [-0.25, -0.2) is 0 Å². The van der Waals surface area contributed by atoms with Crippen LogP contribution in [0.3, 0.4) is 0 Å². The van der Waals surface area contributed by atoms with E-state index in [9.17, 15) is 0 Å². The number of hydrogen-bond acceptors (Lipinski definition) is 2. The summed E-state index contributed by atoms with van der Waals surface area (Å²) in [6.45, 7) is 6.81. The van der Waals surface area contributed by atoms with Crippen molar-refractivity contribution in [3.63, 3.8) is 0 Å². The molecule has 2 heteroatoms. The summed E-state index contributed by atoms with van der Waals surface area (Å²) in [5.41, 5.74) is 21.3. The number of nitrogens with zero attached hydrogens (tertiary/aromatic N) is 1. The summed E-state index contributed by atoms with van der Waals surface area (Å²) in [4.78, 5) is 2.48. The maximum absolute atomic E-state index is 6.36. The average molecular weight is 832 g/mol. The maximum atomic E-state index is 6.36.